The van der Waals surface area contributed by atoms with Crippen molar-refractivity contribution in [3.8, 4) is 0 Å². The van der Waals surface area contributed by atoms with E-state index in [2.05, 4.69) is 49.4 Å². The third-order valence-corrected chi connectivity index (χ3v) is 7.02. The Morgan fingerprint density at radius 3 is 2.60 bits per heavy atom. The van der Waals surface area contributed by atoms with Crippen LogP contribution in [0.3, 0.4) is 0 Å². The molecule has 0 aliphatic rings. The third kappa shape index (κ3) is 2.50. The highest BCUT2D eigenvalue weighted by molar-refractivity contribution is 9.11. The Labute approximate surface area is 119 Å². The fourth-order valence-corrected chi connectivity index (χ4v) is 5.11. The number of halogens is 3. The molecule has 0 aliphatic carbocycles. The molecular formula is C10H7Br2ClS2. The van der Waals surface area contributed by atoms with Crippen LogP contribution in [0.5, 0.6) is 0 Å². The fraction of sp³-hybridized carbons (Fsp3) is 0.200. The first-order valence-electron chi connectivity index (χ1n) is 4.22. The zero-order valence-corrected chi connectivity index (χ0v) is 13.3. The molecule has 0 amide bonds. The minimum Gasteiger partial charge on any atom is -0.145 e. The van der Waals surface area contributed by atoms with Gasteiger partial charge in [-0.1, -0.05) is 27.5 Å². The summed E-state index contributed by atoms with van der Waals surface area (Å²) in [4.78, 5) is 2.66. The molecule has 5 heteroatoms. The SMILES string of the molecule is Cc1csc(C(Br)c2ccc(Br)s2)c1Cl. The molecule has 0 aromatic carbocycles. The van der Waals surface area contributed by atoms with Crippen LogP contribution in [0.15, 0.2) is 21.3 Å². The molecule has 0 N–H and O–H groups in total. The monoisotopic (exact) mass is 384 g/mol. The van der Waals surface area contributed by atoms with E-state index in [9.17, 15) is 0 Å². The first-order chi connectivity index (χ1) is 7.09. The standard InChI is InChI=1S/C10H7Br2ClS2/c1-5-4-14-10(9(5)13)8(12)6-2-3-7(11)15-6/h2-4,8H,1H3. The molecule has 1 atom stereocenters. The first kappa shape index (κ1) is 12.1. The van der Waals surface area contributed by atoms with E-state index in [1.54, 1.807) is 22.7 Å². The number of alkyl halides is 1. The lowest BCUT2D eigenvalue weighted by Crippen LogP contribution is -1.85. The second kappa shape index (κ2) is 4.88. The van der Waals surface area contributed by atoms with Gasteiger partial charge in [0.25, 0.3) is 0 Å². The summed E-state index contributed by atoms with van der Waals surface area (Å²) in [6.07, 6.45) is 0. The summed E-state index contributed by atoms with van der Waals surface area (Å²) >= 11 is 16.8. The van der Waals surface area contributed by atoms with Crippen molar-refractivity contribution in [3.63, 3.8) is 0 Å². The van der Waals surface area contributed by atoms with Crippen LogP contribution in [-0.2, 0) is 0 Å². The van der Waals surface area contributed by atoms with Crippen LogP contribution >= 0.6 is 66.1 Å². The first-order valence-corrected chi connectivity index (χ1v) is 8.00. The molecule has 2 heterocycles. The van der Waals surface area contributed by atoms with Crippen molar-refractivity contribution in [2.75, 3.05) is 0 Å². The van der Waals surface area contributed by atoms with Crippen molar-refractivity contribution in [3.05, 3.63) is 41.6 Å². The van der Waals surface area contributed by atoms with Crippen LogP contribution < -0.4 is 0 Å². The average Bonchev–Trinajstić information content (AvgIpc) is 2.75. The number of hydrogen-bond donors (Lipinski definition) is 0. The van der Waals surface area contributed by atoms with Gasteiger partial charge >= 0.3 is 0 Å². The van der Waals surface area contributed by atoms with E-state index in [-0.39, 0.29) is 4.83 Å². The lowest BCUT2D eigenvalue weighted by atomic mass is 10.2. The maximum absolute atomic E-state index is 6.23. The molecule has 0 spiro atoms. The molecule has 0 saturated heterocycles. The molecule has 0 bridgehead atoms. The van der Waals surface area contributed by atoms with Crippen LogP contribution in [0, 0.1) is 6.92 Å². The molecule has 0 saturated carbocycles. The van der Waals surface area contributed by atoms with E-state index in [1.807, 2.05) is 6.92 Å². The van der Waals surface area contributed by atoms with Crippen molar-refractivity contribution >= 4 is 66.1 Å². The maximum atomic E-state index is 6.23. The van der Waals surface area contributed by atoms with Gasteiger partial charge in [0, 0.05) is 9.75 Å². The number of thiophene rings is 2. The number of rotatable bonds is 2. The molecule has 80 valence electrons. The largest absolute Gasteiger partial charge is 0.145 e. The van der Waals surface area contributed by atoms with Crippen molar-refractivity contribution in [2.45, 2.75) is 11.8 Å². The molecule has 0 aliphatic heterocycles. The Bertz CT molecular complexity index is 475. The van der Waals surface area contributed by atoms with E-state index in [0.717, 1.165) is 14.4 Å². The molecule has 1 unspecified atom stereocenters. The second-order valence-electron chi connectivity index (χ2n) is 3.10. The minimum atomic E-state index is 0.208. The molecule has 2 aromatic heterocycles. The summed E-state index contributed by atoms with van der Waals surface area (Å²) < 4.78 is 1.14. The van der Waals surface area contributed by atoms with Gasteiger partial charge in [-0.2, -0.15) is 0 Å². The van der Waals surface area contributed by atoms with Crippen molar-refractivity contribution < 1.29 is 0 Å². The zero-order chi connectivity index (χ0) is 11.0. The predicted octanol–water partition coefficient (Wildman–Crippen LogP) is 6.02. The Morgan fingerprint density at radius 1 is 1.40 bits per heavy atom. The van der Waals surface area contributed by atoms with E-state index >= 15 is 0 Å². The fourth-order valence-electron chi connectivity index (χ4n) is 1.21. The Hall–Kier alpha value is 0.650. The molecule has 15 heavy (non-hydrogen) atoms. The van der Waals surface area contributed by atoms with E-state index in [1.165, 1.54) is 9.75 Å². The molecule has 2 rings (SSSR count). The summed E-state index contributed by atoms with van der Waals surface area (Å²) in [5.74, 6) is 0. The zero-order valence-electron chi connectivity index (χ0n) is 7.76. The van der Waals surface area contributed by atoms with E-state index in [4.69, 9.17) is 11.6 Å². The summed E-state index contributed by atoms with van der Waals surface area (Å²) in [7, 11) is 0. The molecule has 0 radical (unpaired) electrons. The van der Waals surface area contributed by atoms with Crippen LogP contribution in [-0.4, -0.2) is 0 Å². The van der Waals surface area contributed by atoms with Crippen LogP contribution in [0.25, 0.3) is 0 Å². The highest BCUT2D eigenvalue weighted by Gasteiger charge is 2.18. The lowest BCUT2D eigenvalue weighted by molar-refractivity contribution is 1.28. The summed E-state index contributed by atoms with van der Waals surface area (Å²) in [5.41, 5.74) is 1.15. The number of hydrogen-bond acceptors (Lipinski definition) is 2. The average molecular weight is 387 g/mol. The molecule has 0 fully saturated rings. The second-order valence-corrected chi connectivity index (χ2v) is 7.80. The topological polar surface area (TPSA) is 0 Å². The highest BCUT2D eigenvalue weighted by Crippen LogP contribution is 2.43. The van der Waals surface area contributed by atoms with Crippen molar-refractivity contribution in [1.82, 2.24) is 0 Å². The maximum Gasteiger partial charge on any atom is 0.0846 e. The van der Waals surface area contributed by atoms with Crippen LogP contribution in [0.1, 0.15) is 20.1 Å². The van der Waals surface area contributed by atoms with Gasteiger partial charge in [-0.15, -0.1) is 22.7 Å². The van der Waals surface area contributed by atoms with Crippen molar-refractivity contribution in [1.29, 1.82) is 0 Å². The normalized spacial score (nSPS) is 13.1. The van der Waals surface area contributed by atoms with Crippen molar-refractivity contribution in [2.24, 2.45) is 0 Å². The predicted molar refractivity (Wildman–Crippen MR) is 76.9 cm³/mol. The number of aryl methyl sites for hydroxylation is 1. The van der Waals surface area contributed by atoms with Gasteiger partial charge in [0.15, 0.2) is 0 Å². The van der Waals surface area contributed by atoms with Gasteiger partial charge in [0.2, 0.25) is 0 Å². The van der Waals surface area contributed by atoms with Gasteiger partial charge in [-0.05, 0) is 45.9 Å². The Morgan fingerprint density at radius 2 is 2.13 bits per heavy atom. The summed E-state index contributed by atoms with van der Waals surface area (Å²) in [6, 6.07) is 4.17. The minimum absolute atomic E-state index is 0.208. The lowest BCUT2D eigenvalue weighted by Gasteiger charge is -2.05. The Kier molecular flexibility index (Phi) is 3.94. The van der Waals surface area contributed by atoms with Gasteiger partial charge < -0.3 is 0 Å². The quantitative estimate of drug-likeness (QED) is 0.554. The molecular weight excluding hydrogens is 380 g/mol. The summed E-state index contributed by atoms with van der Waals surface area (Å²) in [5, 5.41) is 2.97. The van der Waals surface area contributed by atoms with Gasteiger partial charge in [0.05, 0.1) is 13.6 Å². The van der Waals surface area contributed by atoms with Crippen LogP contribution in [0.2, 0.25) is 5.02 Å². The smallest absolute Gasteiger partial charge is 0.0846 e. The Balaban J connectivity index is 2.36. The van der Waals surface area contributed by atoms with E-state index < -0.39 is 0 Å². The van der Waals surface area contributed by atoms with Gasteiger partial charge in [-0.25, -0.2) is 0 Å². The van der Waals surface area contributed by atoms with Gasteiger partial charge in [-0.3, -0.25) is 0 Å². The molecule has 0 nitrogen and oxygen atoms in total. The van der Waals surface area contributed by atoms with Crippen LogP contribution in [0.4, 0.5) is 0 Å². The summed E-state index contributed by atoms with van der Waals surface area (Å²) in [6.45, 7) is 2.03. The third-order valence-electron chi connectivity index (χ3n) is 2.00. The van der Waals surface area contributed by atoms with E-state index in [0.29, 0.717) is 0 Å². The van der Waals surface area contributed by atoms with Gasteiger partial charge in [0.1, 0.15) is 0 Å². The highest BCUT2D eigenvalue weighted by atomic mass is 79.9. The molecule has 2 aromatic rings.